The molecule has 0 saturated carbocycles. The molecule has 1 amide bonds. The van der Waals surface area contributed by atoms with E-state index in [9.17, 15) is 9.59 Å². The smallest absolute Gasteiger partial charge is 0.404 e. The van der Waals surface area contributed by atoms with E-state index in [-0.39, 0.29) is 0 Å². The molecule has 0 spiro atoms. The zero-order chi connectivity index (χ0) is 11.3. The van der Waals surface area contributed by atoms with E-state index in [2.05, 4.69) is 11.9 Å². The molecule has 0 saturated heterocycles. The number of carbonyl (C=O) groups excluding carboxylic acids is 1. The van der Waals surface area contributed by atoms with Crippen LogP contribution in [0, 0.1) is 0 Å². The zero-order valence-corrected chi connectivity index (χ0v) is 8.53. The SMILES string of the molecule is C=C(C)C(=O)OC(C)C(C)NC(=O)O. The van der Waals surface area contributed by atoms with Gasteiger partial charge in [-0.1, -0.05) is 6.58 Å². The van der Waals surface area contributed by atoms with Gasteiger partial charge in [-0.05, 0) is 20.8 Å². The molecule has 0 radical (unpaired) electrons. The molecule has 0 aromatic carbocycles. The molecule has 14 heavy (non-hydrogen) atoms. The number of ether oxygens (including phenoxy) is 1. The summed E-state index contributed by atoms with van der Waals surface area (Å²) >= 11 is 0. The number of carboxylic acid groups (broad SMARTS) is 1. The standard InChI is InChI=1S/C9H15NO4/c1-5(2)8(11)14-7(4)6(3)10-9(12)13/h6-7,10H,1H2,2-4H3,(H,12,13). The maximum Gasteiger partial charge on any atom is 0.404 e. The maximum absolute atomic E-state index is 11.0. The van der Waals surface area contributed by atoms with Crippen molar-refractivity contribution in [2.75, 3.05) is 0 Å². The molecule has 0 rings (SSSR count). The molecular weight excluding hydrogens is 186 g/mol. The van der Waals surface area contributed by atoms with E-state index >= 15 is 0 Å². The van der Waals surface area contributed by atoms with E-state index in [0.717, 1.165) is 0 Å². The summed E-state index contributed by atoms with van der Waals surface area (Å²) in [4.78, 5) is 21.3. The molecule has 2 N–H and O–H groups in total. The van der Waals surface area contributed by atoms with Crippen molar-refractivity contribution < 1.29 is 19.4 Å². The third-order valence-electron chi connectivity index (χ3n) is 1.70. The Balaban J connectivity index is 4.07. The van der Waals surface area contributed by atoms with E-state index in [4.69, 9.17) is 9.84 Å². The molecule has 5 nitrogen and oxygen atoms in total. The highest BCUT2D eigenvalue weighted by Gasteiger charge is 2.18. The minimum Gasteiger partial charge on any atom is -0.465 e. The first-order valence-corrected chi connectivity index (χ1v) is 4.20. The van der Waals surface area contributed by atoms with Crippen molar-refractivity contribution in [1.29, 1.82) is 0 Å². The Morgan fingerprint density at radius 1 is 1.43 bits per heavy atom. The molecule has 0 aliphatic heterocycles. The first kappa shape index (κ1) is 12.5. The second-order valence-electron chi connectivity index (χ2n) is 3.13. The predicted octanol–water partition coefficient (Wildman–Crippen LogP) is 1.15. The molecule has 5 heteroatoms. The number of amides is 1. The van der Waals surface area contributed by atoms with Crippen LogP contribution in [-0.2, 0) is 9.53 Å². The summed E-state index contributed by atoms with van der Waals surface area (Å²) in [5.74, 6) is -0.517. The number of nitrogens with one attached hydrogen (secondary N) is 1. The summed E-state index contributed by atoms with van der Waals surface area (Å²) in [6.07, 6.45) is -1.66. The van der Waals surface area contributed by atoms with Crippen molar-refractivity contribution in [1.82, 2.24) is 5.32 Å². The molecule has 0 bridgehead atoms. The second-order valence-corrected chi connectivity index (χ2v) is 3.13. The summed E-state index contributed by atoms with van der Waals surface area (Å²) in [6, 6.07) is -0.448. The van der Waals surface area contributed by atoms with Crippen LogP contribution in [0.3, 0.4) is 0 Å². The van der Waals surface area contributed by atoms with Crippen LogP contribution in [0.25, 0.3) is 0 Å². The Bertz CT molecular complexity index is 249. The molecule has 0 heterocycles. The van der Waals surface area contributed by atoms with Crippen molar-refractivity contribution >= 4 is 12.1 Å². The monoisotopic (exact) mass is 201 g/mol. The third-order valence-corrected chi connectivity index (χ3v) is 1.70. The van der Waals surface area contributed by atoms with Gasteiger partial charge in [-0.25, -0.2) is 9.59 Å². The molecule has 0 aliphatic carbocycles. The van der Waals surface area contributed by atoms with E-state index in [1.807, 2.05) is 0 Å². The minimum atomic E-state index is -1.14. The Hall–Kier alpha value is -1.52. The van der Waals surface area contributed by atoms with Crippen LogP contribution < -0.4 is 5.32 Å². The average Bonchev–Trinajstić information content (AvgIpc) is 2.02. The fourth-order valence-electron chi connectivity index (χ4n) is 0.684. The van der Waals surface area contributed by atoms with E-state index < -0.39 is 24.2 Å². The van der Waals surface area contributed by atoms with Gasteiger partial charge in [0.1, 0.15) is 6.10 Å². The number of carbonyl (C=O) groups is 2. The van der Waals surface area contributed by atoms with E-state index in [1.165, 1.54) is 6.92 Å². The first-order valence-electron chi connectivity index (χ1n) is 4.20. The van der Waals surface area contributed by atoms with Crippen molar-refractivity contribution in [3.05, 3.63) is 12.2 Å². The summed E-state index contributed by atoms with van der Waals surface area (Å²) in [5, 5.41) is 10.6. The quantitative estimate of drug-likeness (QED) is 0.528. The lowest BCUT2D eigenvalue weighted by Crippen LogP contribution is -2.41. The van der Waals surface area contributed by atoms with Gasteiger partial charge >= 0.3 is 12.1 Å². The highest BCUT2D eigenvalue weighted by Crippen LogP contribution is 2.02. The van der Waals surface area contributed by atoms with E-state index in [0.29, 0.717) is 5.57 Å². The maximum atomic E-state index is 11.0. The van der Waals surface area contributed by atoms with Gasteiger partial charge in [-0.3, -0.25) is 0 Å². The van der Waals surface area contributed by atoms with Gasteiger partial charge in [0, 0.05) is 5.57 Å². The molecule has 0 aromatic heterocycles. The van der Waals surface area contributed by atoms with Crippen LogP contribution in [-0.4, -0.2) is 29.3 Å². The largest absolute Gasteiger partial charge is 0.465 e. The fraction of sp³-hybridized carbons (Fsp3) is 0.556. The zero-order valence-electron chi connectivity index (χ0n) is 8.53. The van der Waals surface area contributed by atoms with Gasteiger partial charge in [-0.15, -0.1) is 0 Å². The number of esters is 1. The van der Waals surface area contributed by atoms with Crippen molar-refractivity contribution in [2.24, 2.45) is 0 Å². The minimum absolute atomic E-state index is 0.291. The fourth-order valence-corrected chi connectivity index (χ4v) is 0.684. The van der Waals surface area contributed by atoms with Gasteiger partial charge in [-0.2, -0.15) is 0 Å². The molecule has 0 aliphatic rings. The Kier molecular flexibility index (Phi) is 4.69. The van der Waals surface area contributed by atoms with Gasteiger partial charge in [0.25, 0.3) is 0 Å². The Labute approximate surface area is 82.7 Å². The summed E-state index contributed by atoms with van der Waals surface area (Å²) in [6.45, 7) is 8.18. The summed E-state index contributed by atoms with van der Waals surface area (Å²) in [7, 11) is 0. The van der Waals surface area contributed by atoms with Crippen molar-refractivity contribution in [3.8, 4) is 0 Å². The highest BCUT2D eigenvalue weighted by atomic mass is 16.5. The van der Waals surface area contributed by atoms with Gasteiger partial charge in [0.2, 0.25) is 0 Å². The van der Waals surface area contributed by atoms with Crippen LogP contribution in [0.2, 0.25) is 0 Å². The molecule has 0 fully saturated rings. The lowest BCUT2D eigenvalue weighted by Gasteiger charge is -2.20. The molecule has 80 valence electrons. The normalized spacial score (nSPS) is 13.9. The molecular formula is C9H15NO4. The molecule has 2 unspecified atom stereocenters. The average molecular weight is 201 g/mol. The number of hydrogen-bond donors (Lipinski definition) is 2. The van der Waals surface area contributed by atoms with Crippen molar-refractivity contribution in [2.45, 2.75) is 32.9 Å². The highest BCUT2D eigenvalue weighted by molar-refractivity contribution is 5.87. The predicted molar refractivity (Wildman–Crippen MR) is 51.0 cm³/mol. The van der Waals surface area contributed by atoms with Crippen molar-refractivity contribution in [3.63, 3.8) is 0 Å². The van der Waals surface area contributed by atoms with Gasteiger partial charge < -0.3 is 15.2 Å². The van der Waals surface area contributed by atoms with Crippen LogP contribution in [0.5, 0.6) is 0 Å². The molecule has 0 aromatic rings. The third kappa shape index (κ3) is 4.49. The number of rotatable bonds is 4. The summed E-state index contributed by atoms with van der Waals surface area (Å²) < 4.78 is 4.91. The second kappa shape index (κ2) is 5.26. The van der Waals surface area contributed by atoms with Gasteiger partial charge in [0.05, 0.1) is 6.04 Å². The lowest BCUT2D eigenvalue weighted by atomic mass is 10.2. The topological polar surface area (TPSA) is 75.6 Å². The first-order chi connectivity index (χ1) is 6.34. The Morgan fingerprint density at radius 2 is 1.93 bits per heavy atom. The van der Waals surface area contributed by atoms with Crippen LogP contribution in [0.1, 0.15) is 20.8 Å². The van der Waals surface area contributed by atoms with Crippen LogP contribution in [0.15, 0.2) is 12.2 Å². The number of hydrogen-bond acceptors (Lipinski definition) is 3. The summed E-state index contributed by atoms with van der Waals surface area (Å²) in [5.41, 5.74) is 0.291. The van der Waals surface area contributed by atoms with Gasteiger partial charge in [0.15, 0.2) is 0 Å². The van der Waals surface area contributed by atoms with E-state index in [1.54, 1.807) is 13.8 Å². The molecule has 2 atom stereocenters. The lowest BCUT2D eigenvalue weighted by molar-refractivity contribution is -0.144. The van der Waals surface area contributed by atoms with Crippen LogP contribution in [0.4, 0.5) is 4.79 Å². The van der Waals surface area contributed by atoms with Crippen LogP contribution >= 0.6 is 0 Å². The Morgan fingerprint density at radius 3 is 2.29 bits per heavy atom.